The molecule has 0 saturated carbocycles. The summed E-state index contributed by atoms with van der Waals surface area (Å²) in [7, 11) is 0. The van der Waals surface area contributed by atoms with Crippen LogP contribution in [0.1, 0.15) is 12.6 Å². The van der Waals surface area contributed by atoms with Crippen molar-refractivity contribution >= 4 is 28.8 Å². The van der Waals surface area contributed by atoms with Crippen LogP contribution in [0.4, 0.5) is 11.6 Å². The van der Waals surface area contributed by atoms with Gasteiger partial charge in [0.05, 0.1) is 11.9 Å². The third-order valence-corrected chi connectivity index (χ3v) is 2.33. The molecule has 6 nitrogen and oxygen atoms in total. The van der Waals surface area contributed by atoms with Crippen LogP contribution in [-0.4, -0.2) is 24.7 Å². The van der Waals surface area contributed by atoms with E-state index in [2.05, 4.69) is 20.4 Å². The summed E-state index contributed by atoms with van der Waals surface area (Å²) in [5.41, 5.74) is 6.87. The molecule has 0 bridgehead atoms. The summed E-state index contributed by atoms with van der Waals surface area (Å²) < 4.78 is 1.81. The van der Waals surface area contributed by atoms with Gasteiger partial charge in [0.2, 0.25) is 5.95 Å². The lowest BCUT2D eigenvalue weighted by Crippen LogP contribution is -2.12. The van der Waals surface area contributed by atoms with Crippen LogP contribution in [0, 0.1) is 0 Å². The van der Waals surface area contributed by atoms with Crippen molar-refractivity contribution in [3.63, 3.8) is 0 Å². The minimum atomic E-state index is 0.250. The molecule has 88 valence electrons. The molecule has 0 spiro atoms. The smallest absolute Gasteiger partial charge is 0.227 e. The fourth-order valence-corrected chi connectivity index (χ4v) is 1.40. The lowest BCUT2D eigenvalue weighted by atomic mass is 10.4. The van der Waals surface area contributed by atoms with Gasteiger partial charge in [-0.3, -0.25) is 4.68 Å². The number of thiocarbonyl (C=S) groups is 1. The predicted octanol–water partition coefficient (Wildman–Crippen LogP) is 1.07. The summed E-state index contributed by atoms with van der Waals surface area (Å²) in [6, 6.07) is 1.67. The van der Waals surface area contributed by atoms with E-state index < -0.39 is 0 Å². The van der Waals surface area contributed by atoms with Gasteiger partial charge in [-0.2, -0.15) is 5.10 Å². The molecule has 0 atom stereocenters. The second-order valence-electron chi connectivity index (χ2n) is 3.34. The number of nitrogens with one attached hydrogen (secondary N) is 1. The number of hydrogen-bond donors (Lipinski definition) is 2. The molecular formula is C10H12N6S. The lowest BCUT2D eigenvalue weighted by Gasteiger charge is -2.02. The van der Waals surface area contributed by atoms with Crippen LogP contribution in [0.5, 0.6) is 0 Å². The molecule has 2 heterocycles. The average molecular weight is 248 g/mol. The van der Waals surface area contributed by atoms with Gasteiger partial charge in [-0.05, 0) is 13.0 Å². The standard InChI is InChI=1S/C10H12N6S/c1-2-16-6-7(5-13-16)14-10-12-4-3-8(15-10)9(11)17/h3-6H,2H2,1H3,(H2,11,17)(H,12,14,15). The van der Waals surface area contributed by atoms with Gasteiger partial charge >= 0.3 is 0 Å². The maximum Gasteiger partial charge on any atom is 0.227 e. The molecule has 7 heteroatoms. The molecule has 3 N–H and O–H groups in total. The van der Waals surface area contributed by atoms with E-state index in [9.17, 15) is 0 Å². The monoisotopic (exact) mass is 248 g/mol. The van der Waals surface area contributed by atoms with Gasteiger partial charge in [-0.1, -0.05) is 12.2 Å². The van der Waals surface area contributed by atoms with Crippen LogP contribution in [-0.2, 0) is 6.54 Å². The molecule has 0 radical (unpaired) electrons. The minimum Gasteiger partial charge on any atom is -0.388 e. The number of nitrogens with two attached hydrogens (primary N) is 1. The first-order chi connectivity index (χ1) is 8.19. The Morgan fingerprint density at radius 1 is 1.59 bits per heavy atom. The van der Waals surface area contributed by atoms with E-state index in [1.807, 2.05) is 13.1 Å². The zero-order valence-corrected chi connectivity index (χ0v) is 10.1. The summed E-state index contributed by atoms with van der Waals surface area (Å²) in [5, 5.41) is 7.17. The third kappa shape index (κ3) is 2.76. The highest BCUT2D eigenvalue weighted by Gasteiger charge is 2.03. The van der Waals surface area contributed by atoms with Gasteiger partial charge in [0.1, 0.15) is 10.7 Å². The Bertz CT molecular complexity index is 535. The highest BCUT2D eigenvalue weighted by molar-refractivity contribution is 7.80. The fourth-order valence-electron chi connectivity index (χ4n) is 1.29. The van der Waals surface area contributed by atoms with Crippen LogP contribution in [0.2, 0.25) is 0 Å². The lowest BCUT2D eigenvalue weighted by molar-refractivity contribution is 0.660. The largest absolute Gasteiger partial charge is 0.388 e. The van der Waals surface area contributed by atoms with Crippen LogP contribution < -0.4 is 11.1 Å². The van der Waals surface area contributed by atoms with E-state index in [0.29, 0.717) is 11.6 Å². The topological polar surface area (TPSA) is 81.7 Å². The molecule has 0 aliphatic heterocycles. The molecular weight excluding hydrogens is 236 g/mol. The quantitative estimate of drug-likeness (QED) is 0.788. The van der Waals surface area contributed by atoms with Crippen LogP contribution in [0.3, 0.4) is 0 Å². The number of aryl methyl sites for hydroxylation is 1. The zero-order valence-electron chi connectivity index (χ0n) is 9.29. The number of hydrogen-bond acceptors (Lipinski definition) is 5. The van der Waals surface area contributed by atoms with Gasteiger partial charge in [-0.15, -0.1) is 0 Å². The summed E-state index contributed by atoms with van der Waals surface area (Å²) in [6.07, 6.45) is 5.19. The Labute approximate surface area is 104 Å². The zero-order chi connectivity index (χ0) is 12.3. The van der Waals surface area contributed by atoms with Crippen molar-refractivity contribution in [1.29, 1.82) is 0 Å². The first kappa shape index (κ1) is 11.5. The van der Waals surface area contributed by atoms with Gasteiger partial charge in [0.15, 0.2) is 0 Å². The number of anilines is 2. The SMILES string of the molecule is CCn1cc(Nc2nccc(C(N)=S)n2)cn1. The molecule has 0 fully saturated rings. The first-order valence-electron chi connectivity index (χ1n) is 5.11. The van der Waals surface area contributed by atoms with Crippen molar-refractivity contribution < 1.29 is 0 Å². The van der Waals surface area contributed by atoms with Crippen LogP contribution in [0.15, 0.2) is 24.7 Å². The van der Waals surface area contributed by atoms with Gasteiger partial charge in [0.25, 0.3) is 0 Å². The maximum atomic E-state index is 5.50. The summed E-state index contributed by atoms with van der Waals surface area (Å²) in [6.45, 7) is 2.83. The minimum absolute atomic E-state index is 0.250. The molecule has 0 amide bonds. The summed E-state index contributed by atoms with van der Waals surface area (Å²) in [4.78, 5) is 8.50. The van der Waals surface area contributed by atoms with Crippen molar-refractivity contribution in [2.24, 2.45) is 5.73 Å². The van der Waals surface area contributed by atoms with E-state index in [0.717, 1.165) is 12.2 Å². The van der Waals surface area contributed by atoms with E-state index >= 15 is 0 Å². The van der Waals surface area contributed by atoms with Crippen LogP contribution >= 0.6 is 12.2 Å². The molecule has 0 aliphatic rings. The van der Waals surface area contributed by atoms with Crippen molar-refractivity contribution in [3.05, 3.63) is 30.4 Å². The van der Waals surface area contributed by atoms with Crippen LogP contribution in [0.25, 0.3) is 0 Å². The van der Waals surface area contributed by atoms with Crippen molar-refractivity contribution in [2.45, 2.75) is 13.5 Å². The second kappa shape index (κ2) is 4.88. The molecule has 0 aliphatic carbocycles. The Hall–Kier alpha value is -2.02. The highest BCUT2D eigenvalue weighted by atomic mass is 32.1. The van der Waals surface area contributed by atoms with E-state index in [4.69, 9.17) is 18.0 Å². The molecule has 17 heavy (non-hydrogen) atoms. The first-order valence-corrected chi connectivity index (χ1v) is 5.52. The molecule has 0 saturated heterocycles. The van der Waals surface area contributed by atoms with E-state index in [1.54, 1.807) is 23.1 Å². The fraction of sp³-hybridized carbons (Fsp3) is 0.200. The second-order valence-corrected chi connectivity index (χ2v) is 3.78. The normalized spacial score (nSPS) is 10.2. The Morgan fingerprint density at radius 3 is 3.06 bits per heavy atom. The molecule has 0 aromatic carbocycles. The number of aromatic nitrogens is 4. The Morgan fingerprint density at radius 2 is 2.41 bits per heavy atom. The Kier molecular flexibility index (Phi) is 3.29. The predicted molar refractivity (Wildman–Crippen MR) is 69.1 cm³/mol. The van der Waals surface area contributed by atoms with Crippen molar-refractivity contribution in [2.75, 3.05) is 5.32 Å². The summed E-state index contributed by atoms with van der Waals surface area (Å²) >= 11 is 4.85. The molecule has 0 unspecified atom stereocenters. The number of rotatable bonds is 4. The van der Waals surface area contributed by atoms with Crippen molar-refractivity contribution in [1.82, 2.24) is 19.7 Å². The van der Waals surface area contributed by atoms with Gasteiger partial charge in [0, 0.05) is 18.9 Å². The maximum absolute atomic E-state index is 5.50. The van der Waals surface area contributed by atoms with Crippen molar-refractivity contribution in [3.8, 4) is 0 Å². The Balaban J connectivity index is 2.18. The average Bonchev–Trinajstić information content (AvgIpc) is 2.77. The highest BCUT2D eigenvalue weighted by Crippen LogP contribution is 2.11. The van der Waals surface area contributed by atoms with Gasteiger partial charge in [-0.25, -0.2) is 9.97 Å². The molecule has 2 aromatic rings. The molecule has 2 rings (SSSR count). The number of nitrogens with zero attached hydrogens (tertiary/aromatic N) is 4. The van der Waals surface area contributed by atoms with E-state index in [1.165, 1.54) is 0 Å². The van der Waals surface area contributed by atoms with Gasteiger partial charge < -0.3 is 11.1 Å². The third-order valence-electron chi connectivity index (χ3n) is 2.12. The molecule has 2 aromatic heterocycles. The summed E-state index contributed by atoms with van der Waals surface area (Å²) in [5.74, 6) is 0.450. The van der Waals surface area contributed by atoms with E-state index in [-0.39, 0.29) is 4.99 Å².